The maximum absolute atomic E-state index is 12.3. The van der Waals surface area contributed by atoms with Crippen LogP contribution >= 0.6 is 0 Å². The molecule has 2 aromatic carbocycles. The zero-order valence-corrected chi connectivity index (χ0v) is 18.3. The van der Waals surface area contributed by atoms with Crippen LogP contribution in [-0.4, -0.2) is 55.7 Å². The molecule has 0 amide bonds. The van der Waals surface area contributed by atoms with Crippen molar-refractivity contribution in [1.82, 2.24) is 9.88 Å². The van der Waals surface area contributed by atoms with Crippen molar-refractivity contribution in [3.63, 3.8) is 0 Å². The van der Waals surface area contributed by atoms with E-state index in [1.807, 2.05) is 37.3 Å². The molecule has 4 rings (SSSR count). The first kappa shape index (κ1) is 20.9. The number of esters is 1. The molecular weight excluding hydrogens is 392 g/mol. The number of oxazole rings is 1. The minimum absolute atomic E-state index is 0.123. The van der Waals surface area contributed by atoms with Gasteiger partial charge in [0.1, 0.15) is 11.6 Å². The molecule has 1 aliphatic heterocycles. The summed E-state index contributed by atoms with van der Waals surface area (Å²) in [4.78, 5) is 21.2. The van der Waals surface area contributed by atoms with Crippen molar-refractivity contribution in [3.05, 3.63) is 47.3 Å². The number of aromatic nitrogens is 1. The number of likely N-dealkylation sites (N-methyl/N-ethyl adjacent to an activating group) is 1. The highest BCUT2D eigenvalue weighted by molar-refractivity contribution is 6.03. The minimum atomic E-state index is -0.625. The summed E-state index contributed by atoms with van der Waals surface area (Å²) >= 11 is 0. The highest BCUT2D eigenvalue weighted by Gasteiger charge is 2.32. The van der Waals surface area contributed by atoms with Crippen molar-refractivity contribution in [2.75, 3.05) is 38.7 Å². The van der Waals surface area contributed by atoms with Gasteiger partial charge in [-0.25, -0.2) is 9.78 Å². The molecule has 1 saturated heterocycles. The number of nitriles is 1. The zero-order valence-electron chi connectivity index (χ0n) is 18.3. The first-order chi connectivity index (χ1) is 15.0. The Bertz CT molecular complexity index is 1160. The van der Waals surface area contributed by atoms with Crippen molar-refractivity contribution in [2.45, 2.75) is 26.3 Å². The van der Waals surface area contributed by atoms with Crippen LogP contribution in [0.15, 0.2) is 34.7 Å². The molecule has 1 aliphatic rings. The number of fused-ring (bicyclic) bond motifs is 1. The third-order valence-corrected chi connectivity index (χ3v) is 5.90. The summed E-state index contributed by atoms with van der Waals surface area (Å²) in [5.74, 6) is -0.748. The molecule has 2 heterocycles. The number of carbonyl (C=O) groups excluding carboxylic acids is 1. The molecular formula is C24H26N4O3. The van der Waals surface area contributed by atoms with Gasteiger partial charge in [-0.1, -0.05) is 30.3 Å². The second-order valence-electron chi connectivity index (χ2n) is 7.97. The van der Waals surface area contributed by atoms with Crippen LogP contribution in [0.1, 0.15) is 35.2 Å². The molecule has 1 aromatic heterocycles. The van der Waals surface area contributed by atoms with E-state index in [0.717, 1.165) is 41.9 Å². The minimum Gasteiger partial charge on any atom is -0.459 e. The van der Waals surface area contributed by atoms with Crippen LogP contribution in [0.3, 0.4) is 0 Å². The molecule has 1 unspecified atom stereocenters. The maximum Gasteiger partial charge on any atom is 0.394 e. The summed E-state index contributed by atoms with van der Waals surface area (Å²) in [7, 11) is 4.17. The van der Waals surface area contributed by atoms with Crippen LogP contribution in [0.25, 0.3) is 22.2 Å². The first-order valence-electron chi connectivity index (χ1n) is 10.5. The van der Waals surface area contributed by atoms with E-state index >= 15 is 0 Å². The molecule has 0 bridgehead atoms. The van der Waals surface area contributed by atoms with Gasteiger partial charge in [-0.05, 0) is 45.5 Å². The van der Waals surface area contributed by atoms with Gasteiger partial charge in [-0.3, -0.25) is 0 Å². The summed E-state index contributed by atoms with van der Waals surface area (Å²) in [5, 5.41) is 9.94. The lowest BCUT2D eigenvalue weighted by Crippen LogP contribution is -2.31. The number of hydrogen-bond donors (Lipinski definition) is 0. The molecule has 0 spiro atoms. The van der Waals surface area contributed by atoms with Crippen molar-refractivity contribution in [1.29, 1.82) is 5.26 Å². The fourth-order valence-corrected chi connectivity index (χ4v) is 4.29. The van der Waals surface area contributed by atoms with Crippen LogP contribution in [0, 0.1) is 18.3 Å². The normalized spacial score (nSPS) is 16.1. The Hall–Kier alpha value is -3.37. The Balaban J connectivity index is 2.01. The van der Waals surface area contributed by atoms with Gasteiger partial charge in [0.15, 0.2) is 5.58 Å². The van der Waals surface area contributed by atoms with Gasteiger partial charge in [0.05, 0.1) is 17.9 Å². The largest absolute Gasteiger partial charge is 0.459 e. The fourth-order valence-electron chi connectivity index (χ4n) is 4.29. The molecule has 7 nitrogen and oxygen atoms in total. The lowest BCUT2D eigenvalue weighted by Gasteiger charge is -2.25. The van der Waals surface area contributed by atoms with Crippen molar-refractivity contribution >= 4 is 22.8 Å². The summed E-state index contributed by atoms with van der Waals surface area (Å²) in [5.41, 5.74) is 4.93. The van der Waals surface area contributed by atoms with E-state index < -0.39 is 5.97 Å². The topological polar surface area (TPSA) is 82.6 Å². The van der Waals surface area contributed by atoms with Crippen LogP contribution in [0.2, 0.25) is 0 Å². The quantitative estimate of drug-likeness (QED) is 0.579. The predicted molar refractivity (Wildman–Crippen MR) is 119 cm³/mol. The number of rotatable bonds is 5. The van der Waals surface area contributed by atoms with Gasteiger partial charge in [0.25, 0.3) is 0 Å². The van der Waals surface area contributed by atoms with E-state index in [9.17, 15) is 10.1 Å². The smallest absolute Gasteiger partial charge is 0.394 e. The van der Waals surface area contributed by atoms with Crippen LogP contribution in [-0.2, 0) is 4.74 Å². The van der Waals surface area contributed by atoms with Crippen molar-refractivity contribution < 1.29 is 13.9 Å². The Morgan fingerprint density at radius 2 is 2.10 bits per heavy atom. The molecule has 0 radical (unpaired) electrons. The summed E-state index contributed by atoms with van der Waals surface area (Å²) < 4.78 is 11.1. The predicted octanol–water partition coefficient (Wildman–Crippen LogP) is 3.99. The molecule has 31 heavy (non-hydrogen) atoms. The molecule has 1 atom stereocenters. The second-order valence-corrected chi connectivity index (χ2v) is 7.97. The van der Waals surface area contributed by atoms with Crippen LogP contribution in [0.5, 0.6) is 0 Å². The molecule has 7 heteroatoms. The van der Waals surface area contributed by atoms with Gasteiger partial charge in [0.2, 0.25) is 0 Å². The number of ether oxygens (including phenoxy) is 1. The van der Waals surface area contributed by atoms with Gasteiger partial charge < -0.3 is 19.0 Å². The van der Waals surface area contributed by atoms with E-state index in [-0.39, 0.29) is 12.5 Å². The SMILES string of the molecule is CCOC(=O)c1nc2c(C#N)c(C)c(-c3ccccc3)c(N3CCC(N(C)C)C3)c2o1. The Kier molecular flexibility index (Phi) is 5.66. The van der Waals surface area contributed by atoms with E-state index in [4.69, 9.17) is 9.15 Å². The highest BCUT2D eigenvalue weighted by Crippen LogP contribution is 2.44. The number of carbonyl (C=O) groups is 1. The van der Waals surface area contributed by atoms with E-state index in [1.54, 1.807) is 6.92 Å². The third kappa shape index (κ3) is 3.64. The fraction of sp³-hybridized carbons (Fsp3) is 0.375. The standard InChI is InChI=1S/C24H26N4O3/c1-5-30-24(29)23-26-20-18(13-25)15(2)19(16-9-7-6-8-10-16)21(22(20)31-23)28-12-11-17(14-28)27(3)4/h6-10,17H,5,11-12,14H2,1-4H3. The van der Waals surface area contributed by atoms with E-state index in [1.165, 1.54) is 0 Å². The third-order valence-electron chi connectivity index (χ3n) is 5.90. The molecule has 3 aromatic rings. The number of hydrogen-bond acceptors (Lipinski definition) is 7. The zero-order chi connectivity index (χ0) is 22.1. The number of nitrogens with zero attached hydrogens (tertiary/aromatic N) is 4. The molecule has 0 N–H and O–H groups in total. The van der Waals surface area contributed by atoms with Crippen molar-refractivity contribution in [2.24, 2.45) is 0 Å². The van der Waals surface area contributed by atoms with Gasteiger partial charge in [-0.2, -0.15) is 5.26 Å². The maximum atomic E-state index is 12.3. The summed E-state index contributed by atoms with van der Waals surface area (Å²) in [6.45, 7) is 5.56. The molecule has 0 aliphatic carbocycles. The van der Waals surface area contributed by atoms with Crippen LogP contribution < -0.4 is 4.90 Å². The van der Waals surface area contributed by atoms with Crippen LogP contribution in [0.4, 0.5) is 5.69 Å². The summed E-state index contributed by atoms with van der Waals surface area (Å²) in [6, 6.07) is 12.7. The lowest BCUT2D eigenvalue weighted by molar-refractivity contribution is 0.0483. The van der Waals surface area contributed by atoms with Gasteiger partial charge in [0, 0.05) is 24.7 Å². The first-order valence-corrected chi connectivity index (χ1v) is 10.5. The number of anilines is 1. The lowest BCUT2D eigenvalue weighted by atomic mass is 9.93. The average molecular weight is 418 g/mol. The monoisotopic (exact) mass is 418 g/mol. The van der Waals surface area contributed by atoms with E-state index in [2.05, 4.69) is 34.9 Å². The van der Waals surface area contributed by atoms with E-state index in [0.29, 0.717) is 22.7 Å². The summed E-state index contributed by atoms with van der Waals surface area (Å²) in [6.07, 6.45) is 1.01. The number of benzene rings is 2. The molecule has 160 valence electrons. The van der Waals surface area contributed by atoms with Crippen molar-refractivity contribution in [3.8, 4) is 17.2 Å². The molecule has 0 saturated carbocycles. The average Bonchev–Trinajstić information content (AvgIpc) is 3.42. The van der Waals surface area contributed by atoms with Gasteiger partial charge in [-0.15, -0.1) is 0 Å². The second kappa shape index (κ2) is 8.40. The Morgan fingerprint density at radius 1 is 1.35 bits per heavy atom. The Labute approximate surface area is 181 Å². The Morgan fingerprint density at radius 3 is 2.71 bits per heavy atom. The molecule has 1 fully saturated rings. The highest BCUT2D eigenvalue weighted by atomic mass is 16.5. The van der Waals surface area contributed by atoms with Gasteiger partial charge >= 0.3 is 11.9 Å².